The van der Waals surface area contributed by atoms with Gasteiger partial charge in [0.05, 0.1) is 6.20 Å². The van der Waals surface area contributed by atoms with E-state index in [9.17, 15) is 0 Å². The number of nitrogens with zero attached hydrogens (tertiary/aromatic N) is 2. The summed E-state index contributed by atoms with van der Waals surface area (Å²) in [6.07, 6.45) is 7.32. The summed E-state index contributed by atoms with van der Waals surface area (Å²) in [5.41, 5.74) is 2.90. The summed E-state index contributed by atoms with van der Waals surface area (Å²) in [6.45, 7) is 0. The molecule has 0 radical (unpaired) electrons. The Bertz CT molecular complexity index is 457. The molecule has 3 rings (SSSR count). The summed E-state index contributed by atoms with van der Waals surface area (Å²) >= 11 is 0. The maximum Gasteiger partial charge on any atom is 0.144 e. The van der Waals surface area contributed by atoms with Crippen LogP contribution in [-0.2, 0) is 12.8 Å². The molecule has 80 valence electrons. The van der Waals surface area contributed by atoms with Gasteiger partial charge in [-0.1, -0.05) is 24.3 Å². The Kier molecular flexibility index (Phi) is 2.29. The molecule has 2 aromatic rings. The molecule has 3 nitrogen and oxygen atoms in total. The molecule has 0 aliphatic heterocycles. The zero-order valence-corrected chi connectivity index (χ0v) is 8.93. The summed E-state index contributed by atoms with van der Waals surface area (Å²) in [5, 5.41) is 3.41. The van der Waals surface area contributed by atoms with Crippen LogP contribution in [-0.4, -0.2) is 16.0 Å². The first-order chi connectivity index (χ1) is 7.92. The van der Waals surface area contributed by atoms with Crippen molar-refractivity contribution in [2.45, 2.75) is 18.9 Å². The van der Waals surface area contributed by atoms with E-state index in [0.717, 1.165) is 18.7 Å². The van der Waals surface area contributed by atoms with E-state index < -0.39 is 0 Å². The van der Waals surface area contributed by atoms with Crippen molar-refractivity contribution in [1.82, 2.24) is 9.97 Å². The smallest absolute Gasteiger partial charge is 0.144 e. The zero-order valence-electron chi connectivity index (χ0n) is 8.93. The Morgan fingerprint density at radius 3 is 2.44 bits per heavy atom. The maximum atomic E-state index is 4.23. The van der Waals surface area contributed by atoms with Crippen molar-refractivity contribution in [2.75, 3.05) is 5.32 Å². The molecule has 16 heavy (non-hydrogen) atoms. The van der Waals surface area contributed by atoms with Crippen LogP contribution in [0.2, 0.25) is 0 Å². The van der Waals surface area contributed by atoms with E-state index >= 15 is 0 Å². The molecule has 0 bridgehead atoms. The van der Waals surface area contributed by atoms with Crippen LogP contribution in [0.3, 0.4) is 0 Å². The number of rotatable bonds is 2. The molecule has 0 unspecified atom stereocenters. The van der Waals surface area contributed by atoms with Gasteiger partial charge in [0.1, 0.15) is 5.82 Å². The van der Waals surface area contributed by atoms with E-state index in [1.54, 1.807) is 18.6 Å². The lowest BCUT2D eigenvalue weighted by atomic mass is 10.1. The number of hydrogen-bond acceptors (Lipinski definition) is 3. The average molecular weight is 211 g/mol. The SMILES string of the molecule is c1ccc2c(c1)CC(Nc1cnccn1)C2. The highest BCUT2D eigenvalue weighted by Gasteiger charge is 2.20. The average Bonchev–Trinajstić information content (AvgIpc) is 2.72. The van der Waals surface area contributed by atoms with Gasteiger partial charge < -0.3 is 5.32 Å². The Balaban J connectivity index is 1.73. The highest BCUT2D eigenvalue weighted by atomic mass is 15.0. The van der Waals surface area contributed by atoms with Gasteiger partial charge in [-0.3, -0.25) is 4.98 Å². The van der Waals surface area contributed by atoms with Crippen molar-refractivity contribution in [1.29, 1.82) is 0 Å². The predicted molar refractivity (Wildman–Crippen MR) is 63.3 cm³/mol. The van der Waals surface area contributed by atoms with Crippen molar-refractivity contribution in [2.24, 2.45) is 0 Å². The fraction of sp³-hybridized carbons (Fsp3) is 0.231. The first kappa shape index (κ1) is 9.33. The first-order valence-electron chi connectivity index (χ1n) is 5.51. The van der Waals surface area contributed by atoms with Crippen molar-refractivity contribution in [3.8, 4) is 0 Å². The fourth-order valence-corrected chi connectivity index (χ4v) is 2.24. The minimum absolute atomic E-state index is 0.453. The largest absolute Gasteiger partial charge is 0.365 e. The highest BCUT2D eigenvalue weighted by molar-refractivity contribution is 5.39. The van der Waals surface area contributed by atoms with Gasteiger partial charge in [0, 0.05) is 18.4 Å². The number of hydrogen-bond donors (Lipinski definition) is 1. The van der Waals surface area contributed by atoms with Crippen molar-refractivity contribution in [3.05, 3.63) is 54.0 Å². The van der Waals surface area contributed by atoms with E-state index in [4.69, 9.17) is 0 Å². The Morgan fingerprint density at radius 2 is 1.81 bits per heavy atom. The lowest BCUT2D eigenvalue weighted by Gasteiger charge is -2.11. The van der Waals surface area contributed by atoms with Crippen molar-refractivity contribution in [3.63, 3.8) is 0 Å². The second kappa shape index (κ2) is 3.93. The predicted octanol–water partition coefficient (Wildman–Crippen LogP) is 2.06. The number of fused-ring (bicyclic) bond motifs is 1. The van der Waals surface area contributed by atoms with Crippen LogP contribution in [0.1, 0.15) is 11.1 Å². The van der Waals surface area contributed by atoms with E-state index in [1.807, 2.05) is 0 Å². The Hall–Kier alpha value is -1.90. The van der Waals surface area contributed by atoms with Gasteiger partial charge in [-0.2, -0.15) is 0 Å². The summed E-state index contributed by atoms with van der Waals surface area (Å²) in [6, 6.07) is 9.06. The maximum absolute atomic E-state index is 4.23. The number of nitrogens with one attached hydrogen (secondary N) is 1. The number of benzene rings is 1. The second-order valence-corrected chi connectivity index (χ2v) is 4.11. The molecule has 1 aliphatic carbocycles. The first-order valence-corrected chi connectivity index (χ1v) is 5.51. The topological polar surface area (TPSA) is 37.8 Å². The molecule has 1 N–H and O–H groups in total. The highest BCUT2D eigenvalue weighted by Crippen LogP contribution is 2.23. The molecule has 1 aromatic heterocycles. The molecule has 0 spiro atoms. The van der Waals surface area contributed by atoms with Crippen LogP contribution in [0.25, 0.3) is 0 Å². The quantitative estimate of drug-likeness (QED) is 0.826. The standard InChI is InChI=1S/C13H13N3/c1-2-4-11-8-12(7-10(11)3-1)16-13-9-14-5-6-15-13/h1-6,9,12H,7-8H2,(H,15,16). The molecule has 0 saturated carbocycles. The summed E-state index contributed by atoms with van der Waals surface area (Å²) in [5.74, 6) is 0.861. The zero-order chi connectivity index (χ0) is 10.8. The molecule has 1 heterocycles. The fourth-order valence-electron chi connectivity index (χ4n) is 2.24. The molecular weight excluding hydrogens is 198 g/mol. The summed E-state index contributed by atoms with van der Waals surface area (Å²) in [7, 11) is 0. The van der Waals surface area contributed by atoms with Crippen LogP contribution in [0.5, 0.6) is 0 Å². The molecule has 1 aromatic carbocycles. The van der Waals surface area contributed by atoms with Crippen molar-refractivity contribution < 1.29 is 0 Å². The molecule has 0 saturated heterocycles. The third kappa shape index (κ3) is 1.76. The molecule has 1 aliphatic rings. The van der Waals surface area contributed by atoms with E-state index in [-0.39, 0.29) is 0 Å². The lowest BCUT2D eigenvalue weighted by molar-refractivity contribution is 0.767. The molecule has 0 fully saturated rings. The molecule has 3 heteroatoms. The normalized spacial score (nSPS) is 14.8. The summed E-state index contributed by atoms with van der Waals surface area (Å²) in [4.78, 5) is 8.28. The monoisotopic (exact) mass is 211 g/mol. The van der Waals surface area contributed by atoms with Crippen LogP contribution in [0.4, 0.5) is 5.82 Å². The van der Waals surface area contributed by atoms with Gasteiger partial charge in [0.25, 0.3) is 0 Å². The van der Waals surface area contributed by atoms with Gasteiger partial charge in [-0.25, -0.2) is 4.98 Å². The Labute approximate surface area is 94.6 Å². The number of aromatic nitrogens is 2. The molecule has 0 amide bonds. The third-order valence-corrected chi connectivity index (χ3v) is 2.97. The van der Waals surface area contributed by atoms with Gasteiger partial charge in [0.2, 0.25) is 0 Å². The molecular formula is C13H13N3. The molecule has 0 atom stereocenters. The van der Waals surface area contributed by atoms with Crippen molar-refractivity contribution >= 4 is 5.82 Å². The van der Waals surface area contributed by atoms with E-state index in [2.05, 4.69) is 39.6 Å². The number of anilines is 1. The Morgan fingerprint density at radius 1 is 1.06 bits per heavy atom. The summed E-state index contributed by atoms with van der Waals surface area (Å²) < 4.78 is 0. The van der Waals surface area contributed by atoms with Crippen LogP contribution >= 0.6 is 0 Å². The van der Waals surface area contributed by atoms with Crippen LogP contribution in [0.15, 0.2) is 42.9 Å². The van der Waals surface area contributed by atoms with Gasteiger partial charge in [-0.05, 0) is 24.0 Å². The van der Waals surface area contributed by atoms with Gasteiger partial charge in [0.15, 0.2) is 0 Å². The van der Waals surface area contributed by atoms with Gasteiger partial charge in [-0.15, -0.1) is 0 Å². The minimum atomic E-state index is 0.453. The van der Waals surface area contributed by atoms with Crippen LogP contribution < -0.4 is 5.32 Å². The van der Waals surface area contributed by atoms with E-state index in [1.165, 1.54) is 11.1 Å². The lowest BCUT2D eigenvalue weighted by Crippen LogP contribution is -2.20. The van der Waals surface area contributed by atoms with E-state index in [0.29, 0.717) is 6.04 Å². The van der Waals surface area contributed by atoms with Gasteiger partial charge >= 0.3 is 0 Å². The van der Waals surface area contributed by atoms with Crippen LogP contribution in [0, 0.1) is 0 Å². The minimum Gasteiger partial charge on any atom is -0.365 e. The second-order valence-electron chi connectivity index (χ2n) is 4.11. The third-order valence-electron chi connectivity index (χ3n) is 2.97.